The first-order valence-corrected chi connectivity index (χ1v) is 9.29. The molecule has 1 aliphatic carbocycles. The van der Waals surface area contributed by atoms with E-state index in [0.29, 0.717) is 12.4 Å². The van der Waals surface area contributed by atoms with Crippen molar-refractivity contribution in [2.45, 2.75) is 38.1 Å². The zero-order chi connectivity index (χ0) is 17.1. The zero-order valence-electron chi connectivity index (χ0n) is 13.6. The van der Waals surface area contributed by atoms with E-state index in [4.69, 9.17) is 5.73 Å². The Morgan fingerprint density at radius 1 is 1.25 bits per heavy atom. The van der Waals surface area contributed by atoms with Crippen LogP contribution in [0, 0.1) is 11.8 Å². The number of halogens is 1. The Hall–Kier alpha value is -1.47. The third-order valence-corrected chi connectivity index (χ3v) is 5.37. The lowest BCUT2D eigenvalue weighted by Crippen LogP contribution is -2.45. The smallest absolute Gasteiger partial charge is 0.230 e. The van der Waals surface area contributed by atoms with Crippen LogP contribution in [0.1, 0.15) is 32.1 Å². The Morgan fingerprint density at radius 3 is 2.75 bits per heavy atom. The summed E-state index contributed by atoms with van der Waals surface area (Å²) in [5.74, 6) is 0.499. The van der Waals surface area contributed by atoms with Crippen molar-refractivity contribution in [3.05, 3.63) is 22.8 Å². The monoisotopic (exact) mass is 394 g/mol. The largest absolute Gasteiger partial charge is 0.342 e. The van der Waals surface area contributed by atoms with Gasteiger partial charge in [-0.25, -0.2) is 4.98 Å². The summed E-state index contributed by atoms with van der Waals surface area (Å²) in [5.41, 5.74) is 5.92. The molecule has 1 aromatic heterocycles. The Labute approximate surface area is 150 Å². The minimum Gasteiger partial charge on any atom is -0.342 e. The average molecular weight is 395 g/mol. The number of carbonyl (C=O) groups excluding carboxylic acids is 2. The molecule has 7 heteroatoms. The number of anilines is 1. The molecule has 0 aromatic carbocycles. The minimum atomic E-state index is -0.178. The summed E-state index contributed by atoms with van der Waals surface area (Å²) in [4.78, 5) is 31.1. The van der Waals surface area contributed by atoms with Gasteiger partial charge >= 0.3 is 0 Å². The first-order chi connectivity index (χ1) is 11.5. The van der Waals surface area contributed by atoms with Crippen molar-refractivity contribution in [3.63, 3.8) is 0 Å². The number of nitrogens with zero attached hydrogens (tertiary/aromatic N) is 2. The summed E-state index contributed by atoms with van der Waals surface area (Å²) in [6, 6.07) is 3.74. The molecule has 0 bridgehead atoms. The topological polar surface area (TPSA) is 88.3 Å². The molecular formula is C17H23BrN4O2. The van der Waals surface area contributed by atoms with E-state index in [1.165, 1.54) is 0 Å². The summed E-state index contributed by atoms with van der Waals surface area (Å²) in [6.07, 6.45) is 5.87. The second kappa shape index (κ2) is 7.61. The lowest BCUT2D eigenvalue weighted by atomic mass is 9.95. The molecule has 1 aromatic rings. The van der Waals surface area contributed by atoms with Gasteiger partial charge in [0.25, 0.3) is 0 Å². The zero-order valence-corrected chi connectivity index (χ0v) is 15.2. The molecule has 3 unspecified atom stereocenters. The molecule has 6 nitrogen and oxygen atoms in total. The third kappa shape index (κ3) is 4.13. The molecule has 2 amide bonds. The summed E-state index contributed by atoms with van der Waals surface area (Å²) in [6.45, 7) is 1.23. The van der Waals surface area contributed by atoms with Gasteiger partial charge in [0.2, 0.25) is 11.8 Å². The predicted molar refractivity (Wildman–Crippen MR) is 95.2 cm³/mol. The second-order valence-corrected chi connectivity index (χ2v) is 7.66. The van der Waals surface area contributed by atoms with Crippen LogP contribution in [0.5, 0.6) is 0 Å². The number of rotatable bonds is 3. The van der Waals surface area contributed by atoms with Gasteiger partial charge in [-0.3, -0.25) is 9.59 Å². The Bertz CT molecular complexity index is 607. The van der Waals surface area contributed by atoms with Gasteiger partial charge in [-0.1, -0.05) is 0 Å². The summed E-state index contributed by atoms with van der Waals surface area (Å²) >= 11 is 3.32. The number of piperidine rings is 1. The van der Waals surface area contributed by atoms with Gasteiger partial charge in [0, 0.05) is 35.7 Å². The molecule has 24 heavy (non-hydrogen) atoms. The van der Waals surface area contributed by atoms with Crippen LogP contribution in [0.25, 0.3) is 0 Å². The highest BCUT2D eigenvalue weighted by atomic mass is 79.9. The van der Waals surface area contributed by atoms with Crippen LogP contribution < -0.4 is 11.1 Å². The molecule has 1 aliphatic heterocycles. The first kappa shape index (κ1) is 17.4. The van der Waals surface area contributed by atoms with Crippen molar-refractivity contribution in [2.75, 3.05) is 18.4 Å². The maximum Gasteiger partial charge on any atom is 0.230 e. The Kier molecular flexibility index (Phi) is 5.50. The molecule has 3 atom stereocenters. The molecule has 2 fully saturated rings. The van der Waals surface area contributed by atoms with Crippen LogP contribution in [0.15, 0.2) is 22.8 Å². The molecule has 0 spiro atoms. The first-order valence-electron chi connectivity index (χ1n) is 8.49. The highest BCUT2D eigenvalue weighted by molar-refractivity contribution is 9.10. The van der Waals surface area contributed by atoms with Crippen molar-refractivity contribution >= 4 is 33.6 Å². The normalized spacial score (nSPS) is 27.1. The maximum absolute atomic E-state index is 12.6. The number of likely N-dealkylation sites (tertiary alicyclic amines) is 1. The quantitative estimate of drug-likeness (QED) is 0.821. The van der Waals surface area contributed by atoms with E-state index >= 15 is 0 Å². The van der Waals surface area contributed by atoms with Crippen LogP contribution in [0.4, 0.5) is 5.82 Å². The van der Waals surface area contributed by atoms with Crippen LogP contribution in [-0.4, -0.2) is 40.8 Å². The number of nitrogens with one attached hydrogen (secondary N) is 1. The average Bonchev–Trinajstić information content (AvgIpc) is 3.03. The molecule has 1 saturated carbocycles. The number of amides is 2. The van der Waals surface area contributed by atoms with E-state index < -0.39 is 0 Å². The van der Waals surface area contributed by atoms with Gasteiger partial charge < -0.3 is 16.0 Å². The summed E-state index contributed by atoms with van der Waals surface area (Å²) < 4.78 is 0.865. The highest BCUT2D eigenvalue weighted by Gasteiger charge is 2.34. The third-order valence-electron chi connectivity index (χ3n) is 4.90. The number of aromatic nitrogens is 1. The van der Waals surface area contributed by atoms with Gasteiger partial charge in [-0.15, -0.1) is 0 Å². The van der Waals surface area contributed by atoms with Crippen LogP contribution in [0.3, 0.4) is 0 Å². The van der Waals surface area contributed by atoms with Crippen molar-refractivity contribution in [2.24, 2.45) is 17.6 Å². The van der Waals surface area contributed by atoms with Gasteiger partial charge in [-0.05, 0) is 60.2 Å². The van der Waals surface area contributed by atoms with E-state index in [1.807, 2.05) is 11.0 Å². The van der Waals surface area contributed by atoms with Crippen molar-refractivity contribution < 1.29 is 9.59 Å². The fourth-order valence-electron chi connectivity index (χ4n) is 3.57. The number of carbonyl (C=O) groups is 2. The molecule has 0 radical (unpaired) electrons. The van der Waals surface area contributed by atoms with Crippen molar-refractivity contribution in [3.8, 4) is 0 Å². The van der Waals surface area contributed by atoms with Crippen molar-refractivity contribution in [1.82, 2.24) is 9.88 Å². The lowest BCUT2D eigenvalue weighted by molar-refractivity contribution is -0.138. The fourth-order valence-corrected chi connectivity index (χ4v) is 3.80. The predicted octanol–water partition coefficient (Wildman–Crippen LogP) is 2.15. The maximum atomic E-state index is 12.6. The van der Waals surface area contributed by atoms with E-state index in [2.05, 4.69) is 26.2 Å². The SMILES string of the molecule is NC1CCC(C(=O)N2CCCC(C(=O)Nc3ccc(Br)cn3)C2)C1. The molecule has 3 rings (SSSR count). The molecular weight excluding hydrogens is 372 g/mol. The number of nitrogens with two attached hydrogens (primary N) is 1. The Balaban J connectivity index is 1.57. The van der Waals surface area contributed by atoms with Crippen LogP contribution in [0.2, 0.25) is 0 Å². The van der Waals surface area contributed by atoms with E-state index in [9.17, 15) is 9.59 Å². The van der Waals surface area contributed by atoms with Gasteiger partial charge in [0.05, 0.1) is 5.92 Å². The molecule has 130 valence electrons. The highest BCUT2D eigenvalue weighted by Crippen LogP contribution is 2.28. The summed E-state index contributed by atoms with van der Waals surface area (Å²) in [7, 11) is 0. The lowest BCUT2D eigenvalue weighted by Gasteiger charge is -2.33. The standard InChI is InChI=1S/C17H23BrN4O2/c18-13-4-6-15(20-9-13)21-16(23)12-2-1-7-22(10-12)17(24)11-3-5-14(19)8-11/h4,6,9,11-12,14H,1-3,5,7-8,10,19H2,(H,20,21,23). The molecule has 3 N–H and O–H groups in total. The number of hydrogen-bond donors (Lipinski definition) is 2. The van der Waals surface area contributed by atoms with E-state index in [-0.39, 0.29) is 29.7 Å². The van der Waals surface area contributed by atoms with Gasteiger partial charge in [0.15, 0.2) is 0 Å². The van der Waals surface area contributed by atoms with Crippen molar-refractivity contribution in [1.29, 1.82) is 0 Å². The van der Waals surface area contributed by atoms with Gasteiger partial charge in [-0.2, -0.15) is 0 Å². The molecule has 2 aliphatic rings. The number of hydrogen-bond acceptors (Lipinski definition) is 4. The van der Waals surface area contributed by atoms with E-state index in [0.717, 1.165) is 43.1 Å². The minimum absolute atomic E-state index is 0.0370. The van der Waals surface area contributed by atoms with Crippen LogP contribution >= 0.6 is 15.9 Å². The number of pyridine rings is 1. The summed E-state index contributed by atoms with van der Waals surface area (Å²) in [5, 5.41) is 2.85. The van der Waals surface area contributed by atoms with Crippen LogP contribution in [-0.2, 0) is 9.59 Å². The molecule has 2 heterocycles. The van der Waals surface area contributed by atoms with E-state index in [1.54, 1.807) is 12.3 Å². The molecule has 1 saturated heterocycles. The Morgan fingerprint density at radius 2 is 2.08 bits per heavy atom. The second-order valence-electron chi connectivity index (χ2n) is 6.74. The van der Waals surface area contributed by atoms with Gasteiger partial charge in [0.1, 0.15) is 5.82 Å². The fraction of sp³-hybridized carbons (Fsp3) is 0.588.